The lowest BCUT2D eigenvalue weighted by atomic mass is 10.1. The Kier molecular flexibility index (Phi) is 5.87. The molecule has 2 heterocycles. The van der Waals surface area contributed by atoms with E-state index in [9.17, 15) is 13.2 Å². The number of nitrogens with zero attached hydrogens (tertiary/aromatic N) is 3. The summed E-state index contributed by atoms with van der Waals surface area (Å²) in [6.07, 6.45) is -2.50. The molecular formula is C19H26F3N3O. The molecule has 1 saturated heterocycles. The number of aromatic nitrogens is 2. The third kappa shape index (κ3) is 4.20. The van der Waals surface area contributed by atoms with Crippen LogP contribution in [0.2, 0.25) is 0 Å². The summed E-state index contributed by atoms with van der Waals surface area (Å²) in [5.41, 5.74) is 0.579. The molecule has 1 atom stereocenters. The zero-order chi connectivity index (χ0) is 18.7. The second-order valence-corrected chi connectivity index (χ2v) is 6.94. The van der Waals surface area contributed by atoms with E-state index in [1.165, 1.54) is 6.07 Å². The molecule has 0 amide bonds. The summed E-state index contributed by atoms with van der Waals surface area (Å²) in [5, 5.41) is 0. The standard InChI is InChI=1S/C19H26F3N3O/c1-3-14(2)18-23-16-13-15(19(20,21)22)5-6-17(16)25(18)8-4-7-24-9-11-26-12-10-24/h5-6,13-14H,3-4,7-12H2,1-2H3. The summed E-state index contributed by atoms with van der Waals surface area (Å²) in [5.74, 6) is 1.09. The minimum atomic E-state index is -4.34. The Balaban J connectivity index is 1.83. The molecule has 7 heteroatoms. The van der Waals surface area contributed by atoms with Gasteiger partial charge < -0.3 is 9.30 Å². The zero-order valence-corrected chi connectivity index (χ0v) is 15.4. The quantitative estimate of drug-likeness (QED) is 0.761. The molecule has 1 aromatic heterocycles. The number of alkyl halides is 3. The van der Waals surface area contributed by atoms with Crippen molar-refractivity contribution in [1.29, 1.82) is 0 Å². The van der Waals surface area contributed by atoms with Gasteiger partial charge in [0.15, 0.2) is 0 Å². The molecule has 1 fully saturated rings. The molecule has 0 radical (unpaired) electrons. The summed E-state index contributed by atoms with van der Waals surface area (Å²) in [4.78, 5) is 6.92. The van der Waals surface area contributed by atoms with E-state index in [1.807, 2.05) is 0 Å². The molecule has 144 valence electrons. The molecule has 1 unspecified atom stereocenters. The molecule has 0 aliphatic carbocycles. The first-order valence-electron chi connectivity index (χ1n) is 9.27. The number of imidazole rings is 1. The maximum atomic E-state index is 13.0. The number of benzene rings is 1. The molecule has 2 aromatic rings. The number of fused-ring (bicyclic) bond motifs is 1. The van der Waals surface area contributed by atoms with Gasteiger partial charge in [0.1, 0.15) is 5.82 Å². The summed E-state index contributed by atoms with van der Waals surface area (Å²) < 4.78 is 46.5. The maximum Gasteiger partial charge on any atom is 0.416 e. The molecule has 0 spiro atoms. The largest absolute Gasteiger partial charge is 0.416 e. The number of rotatable bonds is 6. The molecule has 1 aliphatic rings. The predicted molar refractivity (Wildman–Crippen MR) is 95.3 cm³/mol. The Morgan fingerprint density at radius 3 is 2.58 bits per heavy atom. The van der Waals surface area contributed by atoms with Crippen molar-refractivity contribution >= 4 is 11.0 Å². The Morgan fingerprint density at radius 1 is 1.19 bits per heavy atom. The highest BCUT2D eigenvalue weighted by molar-refractivity contribution is 5.77. The first-order chi connectivity index (χ1) is 12.4. The van der Waals surface area contributed by atoms with Gasteiger partial charge in [0.25, 0.3) is 0 Å². The average Bonchev–Trinajstić information content (AvgIpc) is 2.99. The first kappa shape index (κ1) is 19.2. The monoisotopic (exact) mass is 369 g/mol. The van der Waals surface area contributed by atoms with Crippen LogP contribution in [-0.2, 0) is 17.5 Å². The van der Waals surface area contributed by atoms with Gasteiger partial charge in [0, 0.05) is 32.1 Å². The lowest BCUT2D eigenvalue weighted by Gasteiger charge is -2.26. The summed E-state index contributed by atoms with van der Waals surface area (Å²) in [6.45, 7) is 9.30. The van der Waals surface area contributed by atoms with Gasteiger partial charge in [-0.25, -0.2) is 4.98 Å². The molecule has 3 rings (SSSR count). The van der Waals surface area contributed by atoms with Crippen molar-refractivity contribution in [3.05, 3.63) is 29.6 Å². The van der Waals surface area contributed by atoms with Crippen LogP contribution in [0.3, 0.4) is 0 Å². The minimum absolute atomic E-state index is 0.208. The zero-order valence-electron chi connectivity index (χ0n) is 15.4. The minimum Gasteiger partial charge on any atom is -0.379 e. The fourth-order valence-corrected chi connectivity index (χ4v) is 3.40. The van der Waals surface area contributed by atoms with E-state index in [0.29, 0.717) is 5.52 Å². The van der Waals surface area contributed by atoms with Crippen LogP contribution in [0.4, 0.5) is 13.2 Å². The van der Waals surface area contributed by atoms with E-state index in [2.05, 4.69) is 28.3 Å². The van der Waals surface area contributed by atoms with Crippen molar-refractivity contribution in [2.75, 3.05) is 32.8 Å². The van der Waals surface area contributed by atoms with Crippen molar-refractivity contribution in [3.8, 4) is 0 Å². The van der Waals surface area contributed by atoms with Gasteiger partial charge in [-0.3, -0.25) is 4.90 Å². The van der Waals surface area contributed by atoms with E-state index < -0.39 is 11.7 Å². The Bertz CT molecular complexity index is 735. The smallest absolute Gasteiger partial charge is 0.379 e. The highest BCUT2D eigenvalue weighted by Crippen LogP contribution is 2.32. The van der Waals surface area contributed by atoms with Gasteiger partial charge in [-0.15, -0.1) is 0 Å². The SMILES string of the molecule is CCC(C)c1nc2cc(C(F)(F)F)ccc2n1CCCN1CCOCC1. The molecule has 26 heavy (non-hydrogen) atoms. The van der Waals surface area contributed by atoms with E-state index >= 15 is 0 Å². The van der Waals surface area contributed by atoms with E-state index in [4.69, 9.17) is 4.74 Å². The van der Waals surface area contributed by atoms with Gasteiger partial charge in [-0.05, 0) is 31.0 Å². The van der Waals surface area contributed by atoms with Crippen LogP contribution in [0, 0.1) is 0 Å². The number of ether oxygens (including phenoxy) is 1. The molecule has 1 aliphatic heterocycles. The lowest BCUT2D eigenvalue weighted by molar-refractivity contribution is -0.137. The van der Waals surface area contributed by atoms with Crippen molar-refractivity contribution < 1.29 is 17.9 Å². The second kappa shape index (κ2) is 7.96. The third-order valence-corrected chi connectivity index (χ3v) is 5.12. The topological polar surface area (TPSA) is 30.3 Å². The van der Waals surface area contributed by atoms with Gasteiger partial charge >= 0.3 is 6.18 Å². The fourth-order valence-electron chi connectivity index (χ4n) is 3.40. The number of hydrogen-bond acceptors (Lipinski definition) is 3. The van der Waals surface area contributed by atoms with Crippen molar-refractivity contribution in [1.82, 2.24) is 14.5 Å². The third-order valence-electron chi connectivity index (χ3n) is 5.12. The van der Waals surface area contributed by atoms with E-state index in [-0.39, 0.29) is 5.92 Å². The molecule has 0 bridgehead atoms. The maximum absolute atomic E-state index is 13.0. The normalized spacial score (nSPS) is 17.7. The Labute approximate surface area is 151 Å². The van der Waals surface area contributed by atoms with Gasteiger partial charge in [0.2, 0.25) is 0 Å². The van der Waals surface area contributed by atoms with Crippen LogP contribution in [-0.4, -0.2) is 47.3 Å². The molecule has 1 aromatic carbocycles. The van der Waals surface area contributed by atoms with Crippen molar-refractivity contribution in [2.24, 2.45) is 0 Å². The Morgan fingerprint density at radius 2 is 1.92 bits per heavy atom. The fraction of sp³-hybridized carbons (Fsp3) is 0.632. The average molecular weight is 369 g/mol. The lowest BCUT2D eigenvalue weighted by Crippen LogP contribution is -2.37. The highest BCUT2D eigenvalue weighted by Gasteiger charge is 2.31. The van der Waals surface area contributed by atoms with E-state index in [1.54, 1.807) is 6.07 Å². The second-order valence-electron chi connectivity index (χ2n) is 6.94. The number of morpholine rings is 1. The van der Waals surface area contributed by atoms with Crippen LogP contribution < -0.4 is 0 Å². The van der Waals surface area contributed by atoms with Crippen LogP contribution >= 0.6 is 0 Å². The van der Waals surface area contributed by atoms with Gasteiger partial charge in [0.05, 0.1) is 29.8 Å². The van der Waals surface area contributed by atoms with Crippen LogP contribution in [0.25, 0.3) is 11.0 Å². The first-order valence-corrected chi connectivity index (χ1v) is 9.27. The molecular weight excluding hydrogens is 343 g/mol. The summed E-state index contributed by atoms with van der Waals surface area (Å²) in [6, 6.07) is 3.88. The molecule has 0 saturated carbocycles. The van der Waals surface area contributed by atoms with Crippen molar-refractivity contribution in [3.63, 3.8) is 0 Å². The highest BCUT2D eigenvalue weighted by atomic mass is 19.4. The van der Waals surface area contributed by atoms with E-state index in [0.717, 1.165) is 69.6 Å². The van der Waals surface area contributed by atoms with Gasteiger partial charge in [-0.2, -0.15) is 13.2 Å². The van der Waals surface area contributed by atoms with Crippen LogP contribution in [0.5, 0.6) is 0 Å². The number of hydrogen-bond donors (Lipinski definition) is 0. The number of aryl methyl sites for hydroxylation is 1. The summed E-state index contributed by atoms with van der Waals surface area (Å²) in [7, 11) is 0. The Hall–Kier alpha value is -1.60. The summed E-state index contributed by atoms with van der Waals surface area (Å²) >= 11 is 0. The van der Waals surface area contributed by atoms with Gasteiger partial charge in [-0.1, -0.05) is 13.8 Å². The van der Waals surface area contributed by atoms with Crippen molar-refractivity contribution in [2.45, 2.75) is 45.3 Å². The number of halogens is 3. The predicted octanol–water partition coefficient (Wildman–Crippen LogP) is 4.29. The van der Waals surface area contributed by atoms with Crippen LogP contribution in [0.1, 0.15) is 44.0 Å². The molecule has 0 N–H and O–H groups in total. The van der Waals surface area contributed by atoms with Crippen LogP contribution in [0.15, 0.2) is 18.2 Å². The molecule has 4 nitrogen and oxygen atoms in total.